The molecule has 0 saturated carbocycles. The third-order valence-corrected chi connectivity index (χ3v) is 2.88. The first-order valence-electron chi connectivity index (χ1n) is 4.99. The van der Waals surface area contributed by atoms with Gasteiger partial charge in [-0.3, -0.25) is 0 Å². The van der Waals surface area contributed by atoms with E-state index in [4.69, 9.17) is 0 Å². The summed E-state index contributed by atoms with van der Waals surface area (Å²) in [5.41, 5.74) is 4.07. The van der Waals surface area contributed by atoms with Crippen molar-refractivity contribution in [2.75, 3.05) is 17.2 Å². The fourth-order valence-electron chi connectivity index (χ4n) is 1.71. The lowest BCUT2D eigenvalue weighted by Crippen LogP contribution is -1.90. The Balaban J connectivity index is 2.12. The first-order chi connectivity index (χ1) is 6.90. The zero-order valence-corrected chi connectivity index (χ0v) is 9.68. The highest BCUT2D eigenvalue weighted by Gasteiger charge is 2.08. The molecule has 0 unspecified atom stereocenters. The standard InChI is InChI=1S/C12H14BrN/c13-7-2-1-3-10-4-5-12-11(9-10)6-8-14-12/h1,3-5,9,14H,2,6-8H2. The number of rotatable bonds is 3. The van der Waals surface area contributed by atoms with E-state index in [9.17, 15) is 0 Å². The molecule has 0 radical (unpaired) electrons. The van der Waals surface area contributed by atoms with Gasteiger partial charge < -0.3 is 5.32 Å². The molecule has 1 aromatic carbocycles. The average molecular weight is 252 g/mol. The maximum absolute atomic E-state index is 3.41. The van der Waals surface area contributed by atoms with Crippen molar-refractivity contribution in [1.82, 2.24) is 0 Å². The van der Waals surface area contributed by atoms with Gasteiger partial charge in [0, 0.05) is 17.6 Å². The van der Waals surface area contributed by atoms with E-state index in [0.29, 0.717) is 0 Å². The van der Waals surface area contributed by atoms with Crippen LogP contribution in [0.3, 0.4) is 0 Å². The zero-order valence-electron chi connectivity index (χ0n) is 8.09. The predicted octanol–water partition coefficient (Wildman–Crippen LogP) is 3.45. The van der Waals surface area contributed by atoms with Gasteiger partial charge in [-0.15, -0.1) is 0 Å². The van der Waals surface area contributed by atoms with Crippen LogP contribution in [0.25, 0.3) is 6.08 Å². The van der Waals surface area contributed by atoms with Gasteiger partial charge in [0.15, 0.2) is 0 Å². The molecule has 14 heavy (non-hydrogen) atoms. The highest BCUT2D eigenvalue weighted by molar-refractivity contribution is 9.09. The van der Waals surface area contributed by atoms with Gasteiger partial charge in [-0.1, -0.05) is 34.1 Å². The van der Waals surface area contributed by atoms with E-state index >= 15 is 0 Å². The lowest BCUT2D eigenvalue weighted by molar-refractivity contribution is 1.11. The van der Waals surface area contributed by atoms with Crippen LogP contribution in [0.2, 0.25) is 0 Å². The van der Waals surface area contributed by atoms with Crippen molar-refractivity contribution in [1.29, 1.82) is 0 Å². The second-order valence-corrected chi connectivity index (χ2v) is 4.27. The summed E-state index contributed by atoms with van der Waals surface area (Å²) in [4.78, 5) is 0. The number of benzene rings is 1. The Bertz CT molecular complexity index is 344. The number of alkyl halides is 1. The van der Waals surface area contributed by atoms with Gasteiger partial charge in [0.25, 0.3) is 0 Å². The van der Waals surface area contributed by atoms with Gasteiger partial charge in [0.1, 0.15) is 0 Å². The number of fused-ring (bicyclic) bond motifs is 1. The van der Waals surface area contributed by atoms with Crippen LogP contribution in [0.1, 0.15) is 17.5 Å². The molecule has 0 amide bonds. The van der Waals surface area contributed by atoms with Crippen LogP contribution >= 0.6 is 15.9 Å². The molecule has 1 nitrogen and oxygen atoms in total. The minimum atomic E-state index is 1.04. The molecule has 0 spiro atoms. The third kappa shape index (κ3) is 2.18. The number of nitrogens with one attached hydrogen (secondary N) is 1. The molecule has 2 rings (SSSR count). The minimum Gasteiger partial charge on any atom is -0.384 e. The Hall–Kier alpha value is -0.760. The highest BCUT2D eigenvalue weighted by atomic mass is 79.9. The van der Waals surface area contributed by atoms with E-state index < -0.39 is 0 Å². The molecular formula is C12H14BrN. The van der Waals surface area contributed by atoms with Crippen LogP contribution < -0.4 is 5.32 Å². The molecule has 0 aromatic heterocycles. The lowest BCUT2D eigenvalue weighted by atomic mass is 10.1. The highest BCUT2D eigenvalue weighted by Crippen LogP contribution is 2.23. The van der Waals surface area contributed by atoms with E-state index in [0.717, 1.165) is 24.7 Å². The maximum atomic E-state index is 3.41. The van der Waals surface area contributed by atoms with Gasteiger partial charge in [-0.25, -0.2) is 0 Å². The number of hydrogen-bond donors (Lipinski definition) is 1. The molecule has 1 aromatic rings. The van der Waals surface area contributed by atoms with Crippen molar-refractivity contribution in [2.24, 2.45) is 0 Å². The molecule has 0 fully saturated rings. The molecule has 1 N–H and O–H groups in total. The van der Waals surface area contributed by atoms with E-state index in [1.165, 1.54) is 16.8 Å². The minimum absolute atomic E-state index is 1.04. The van der Waals surface area contributed by atoms with Gasteiger partial charge in [-0.05, 0) is 36.1 Å². The SMILES string of the molecule is BrCCC=Cc1ccc2c(c1)CCN2. The molecule has 1 heterocycles. The summed E-state index contributed by atoms with van der Waals surface area (Å²) in [6, 6.07) is 6.62. The smallest absolute Gasteiger partial charge is 0.0373 e. The number of halogens is 1. The van der Waals surface area contributed by atoms with Gasteiger partial charge >= 0.3 is 0 Å². The molecule has 0 saturated heterocycles. The largest absolute Gasteiger partial charge is 0.384 e. The molecule has 0 aliphatic carbocycles. The zero-order chi connectivity index (χ0) is 9.80. The van der Waals surface area contributed by atoms with Crippen LogP contribution in [0.15, 0.2) is 24.3 Å². The summed E-state index contributed by atoms with van der Waals surface area (Å²) in [5.74, 6) is 0. The summed E-state index contributed by atoms with van der Waals surface area (Å²) in [6.07, 6.45) is 6.66. The Morgan fingerprint density at radius 3 is 3.21 bits per heavy atom. The fraction of sp³-hybridized carbons (Fsp3) is 0.333. The van der Waals surface area contributed by atoms with Crippen LogP contribution in [0.4, 0.5) is 5.69 Å². The van der Waals surface area contributed by atoms with Gasteiger partial charge in [-0.2, -0.15) is 0 Å². The lowest BCUT2D eigenvalue weighted by Gasteiger charge is -2.00. The molecule has 1 aliphatic rings. The van der Waals surface area contributed by atoms with Crippen molar-refractivity contribution >= 4 is 27.7 Å². The topological polar surface area (TPSA) is 12.0 Å². The monoisotopic (exact) mass is 251 g/mol. The number of hydrogen-bond acceptors (Lipinski definition) is 1. The molecule has 0 bridgehead atoms. The normalized spacial score (nSPS) is 14.4. The van der Waals surface area contributed by atoms with Crippen LogP contribution in [0.5, 0.6) is 0 Å². The Morgan fingerprint density at radius 1 is 1.43 bits per heavy atom. The van der Waals surface area contributed by atoms with E-state index in [2.05, 4.69) is 51.6 Å². The van der Waals surface area contributed by atoms with E-state index in [1.54, 1.807) is 0 Å². The molecule has 1 aliphatic heterocycles. The fourth-order valence-corrected chi connectivity index (χ4v) is 1.98. The summed E-state index contributed by atoms with van der Waals surface area (Å²) in [6.45, 7) is 1.09. The molecule has 0 atom stereocenters. The Morgan fingerprint density at radius 2 is 2.36 bits per heavy atom. The van der Waals surface area contributed by atoms with Crippen molar-refractivity contribution in [3.05, 3.63) is 35.4 Å². The van der Waals surface area contributed by atoms with Gasteiger partial charge in [0.2, 0.25) is 0 Å². The first-order valence-corrected chi connectivity index (χ1v) is 6.11. The second kappa shape index (κ2) is 4.65. The molecular weight excluding hydrogens is 238 g/mol. The Kier molecular flexibility index (Phi) is 3.25. The quantitative estimate of drug-likeness (QED) is 0.812. The summed E-state index contributed by atoms with van der Waals surface area (Å²) >= 11 is 3.41. The Labute approximate surface area is 93.3 Å². The van der Waals surface area contributed by atoms with Crippen LogP contribution in [-0.4, -0.2) is 11.9 Å². The number of allylic oxidation sites excluding steroid dienone is 1. The first kappa shape index (κ1) is 9.78. The van der Waals surface area contributed by atoms with Crippen LogP contribution in [0, 0.1) is 0 Å². The summed E-state index contributed by atoms with van der Waals surface area (Å²) < 4.78 is 0. The molecule has 74 valence electrons. The van der Waals surface area contributed by atoms with E-state index in [1.807, 2.05) is 0 Å². The van der Waals surface area contributed by atoms with Crippen molar-refractivity contribution in [3.63, 3.8) is 0 Å². The van der Waals surface area contributed by atoms with Gasteiger partial charge in [0.05, 0.1) is 0 Å². The van der Waals surface area contributed by atoms with Crippen molar-refractivity contribution in [3.8, 4) is 0 Å². The third-order valence-electron chi connectivity index (χ3n) is 2.43. The summed E-state index contributed by atoms with van der Waals surface area (Å²) in [5, 5.41) is 4.40. The van der Waals surface area contributed by atoms with Crippen LogP contribution in [-0.2, 0) is 6.42 Å². The molecule has 2 heteroatoms. The van der Waals surface area contributed by atoms with Crippen molar-refractivity contribution < 1.29 is 0 Å². The average Bonchev–Trinajstić information content (AvgIpc) is 2.65. The van der Waals surface area contributed by atoms with E-state index in [-0.39, 0.29) is 0 Å². The second-order valence-electron chi connectivity index (χ2n) is 3.47. The maximum Gasteiger partial charge on any atom is 0.0373 e. The predicted molar refractivity (Wildman–Crippen MR) is 66.1 cm³/mol. The summed E-state index contributed by atoms with van der Waals surface area (Å²) in [7, 11) is 0. The number of anilines is 1. The van der Waals surface area contributed by atoms with Crippen molar-refractivity contribution in [2.45, 2.75) is 12.8 Å².